The predicted molar refractivity (Wildman–Crippen MR) is 109 cm³/mol. The molecule has 2 N–H and O–H groups in total. The van der Waals surface area contributed by atoms with Crippen LogP contribution in [-0.4, -0.2) is 24.0 Å². The first-order valence-electron chi connectivity index (χ1n) is 9.06. The van der Waals surface area contributed by atoms with E-state index < -0.39 is 0 Å². The Morgan fingerprint density at radius 1 is 1.30 bits per heavy atom. The van der Waals surface area contributed by atoms with Gasteiger partial charge in [0.05, 0.1) is 18.5 Å². The number of thiophene rings is 1. The normalized spacial score (nSPS) is 13.1. The first-order chi connectivity index (χ1) is 13.2. The number of fused-ring (bicyclic) bond motifs is 1. The zero-order valence-electron chi connectivity index (χ0n) is 15.1. The van der Waals surface area contributed by atoms with Gasteiger partial charge in [0.15, 0.2) is 0 Å². The topological polar surface area (TPSA) is 63.2 Å². The monoisotopic (exact) mass is 379 g/mol. The number of nitrogens with one attached hydrogen (secondary N) is 2. The SMILES string of the molecule is CCOc1cc(-c2ccccc2)sc1C(=O)Nc1cnc2c(c1)CNCC2. The van der Waals surface area contributed by atoms with Crippen LogP contribution in [0.15, 0.2) is 48.7 Å². The molecular formula is C21H21N3O2S. The van der Waals surface area contributed by atoms with Crippen molar-refractivity contribution in [1.82, 2.24) is 10.3 Å². The van der Waals surface area contributed by atoms with E-state index in [0.717, 1.165) is 41.2 Å². The minimum atomic E-state index is -0.170. The number of hydrogen-bond donors (Lipinski definition) is 2. The van der Waals surface area contributed by atoms with Gasteiger partial charge < -0.3 is 15.4 Å². The second kappa shape index (κ2) is 7.90. The molecule has 0 atom stereocenters. The van der Waals surface area contributed by atoms with Crippen molar-refractivity contribution < 1.29 is 9.53 Å². The maximum Gasteiger partial charge on any atom is 0.269 e. The van der Waals surface area contributed by atoms with Crippen molar-refractivity contribution in [2.45, 2.75) is 19.9 Å². The summed E-state index contributed by atoms with van der Waals surface area (Å²) in [5.74, 6) is 0.447. The Balaban J connectivity index is 1.60. The summed E-state index contributed by atoms with van der Waals surface area (Å²) in [6, 6.07) is 14.0. The zero-order chi connectivity index (χ0) is 18.6. The lowest BCUT2D eigenvalue weighted by Gasteiger charge is -2.17. The number of anilines is 1. The van der Waals surface area contributed by atoms with Gasteiger partial charge in [-0.3, -0.25) is 9.78 Å². The minimum Gasteiger partial charge on any atom is -0.492 e. The molecule has 3 heterocycles. The number of pyridine rings is 1. The van der Waals surface area contributed by atoms with Gasteiger partial charge >= 0.3 is 0 Å². The fourth-order valence-electron chi connectivity index (χ4n) is 3.14. The van der Waals surface area contributed by atoms with Crippen LogP contribution in [0, 0.1) is 0 Å². The molecule has 0 spiro atoms. The summed E-state index contributed by atoms with van der Waals surface area (Å²) in [6.45, 7) is 4.16. The molecule has 138 valence electrons. The highest BCUT2D eigenvalue weighted by atomic mass is 32.1. The van der Waals surface area contributed by atoms with Crippen LogP contribution in [0.5, 0.6) is 5.75 Å². The second-order valence-electron chi connectivity index (χ2n) is 6.31. The molecule has 2 aromatic heterocycles. The molecule has 0 saturated carbocycles. The van der Waals surface area contributed by atoms with E-state index in [1.165, 1.54) is 11.3 Å². The fourth-order valence-corrected chi connectivity index (χ4v) is 4.14. The quantitative estimate of drug-likeness (QED) is 0.700. The molecule has 0 bridgehead atoms. The summed E-state index contributed by atoms with van der Waals surface area (Å²) in [5, 5.41) is 6.30. The van der Waals surface area contributed by atoms with E-state index in [9.17, 15) is 4.79 Å². The van der Waals surface area contributed by atoms with Crippen molar-refractivity contribution in [3.63, 3.8) is 0 Å². The molecule has 3 aromatic rings. The maximum absolute atomic E-state index is 12.9. The van der Waals surface area contributed by atoms with E-state index in [0.29, 0.717) is 22.9 Å². The number of rotatable bonds is 5. The van der Waals surface area contributed by atoms with Gasteiger partial charge in [0, 0.05) is 30.1 Å². The largest absolute Gasteiger partial charge is 0.492 e. The van der Waals surface area contributed by atoms with Crippen LogP contribution in [0.25, 0.3) is 10.4 Å². The number of ether oxygens (including phenoxy) is 1. The number of benzene rings is 1. The van der Waals surface area contributed by atoms with Gasteiger partial charge in [-0.05, 0) is 30.2 Å². The highest BCUT2D eigenvalue weighted by Gasteiger charge is 2.19. The molecule has 4 rings (SSSR count). The van der Waals surface area contributed by atoms with Gasteiger partial charge in [-0.2, -0.15) is 0 Å². The molecule has 0 saturated heterocycles. The van der Waals surface area contributed by atoms with Crippen LogP contribution in [-0.2, 0) is 13.0 Å². The van der Waals surface area contributed by atoms with E-state index in [-0.39, 0.29) is 5.91 Å². The molecular weight excluding hydrogens is 358 g/mol. The molecule has 0 unspecified atom stereocenters. The Morgan fingerprint density at radius 3 is 2.96 bits per heavy atom. The van der Waals surface area contributed by atoms with Crippen LogP contribution >= 0.6 is 11.3 Å². The van der Waals surface area contributed by atoms with Gasteiger partial charge in [-0.15, -0.1) is 11.3 Å². The van der Waals surface area contributed by atoms with E-state index in [2.05, 4.69) is 15.6 Å². The van der Waals surface area contributed by atoms with E-state index in [4.69, 9.17) is 4.74 Å². The molecule has 27 heavy (non-hydrogen) atoms. The fraction of sp³-hybridized carbons (Fsp3) is 0.238. The standard InChI is InChI=1S/C21H21N3O2S/c1-2-26-18-11-19(14-6-4-3-5-7-14)27-20(18)21(25)24-16-10-15-12-22-9-8-17(15)23-13-16/h3-7,10-11,13,22H,2,8-9,12H2,1H3,(H,24,25). The van der Waals surface area contributed by atoms with Crippen molar-refractivity contribution >= 4 is 22.9 Å². The Morgan fingerprint density at radius 2 is 2.15 bits per heavy atom. The average Bonchev–Trinajstić information content (AvgIpc) is 3.13. The van der Waals surface area contributed by atoms with Crippen molar-refractivity contribution in [3.8, 4) is 16.2 Å². The molecule has 1 aromatic carbocycles. The lowest BCUT2D eigenvalue weighted by Crippen LogP contribution is -2.24. The van der Waals surface area contributed by atoms with E-state index in [1.807, 2.05) is 49.4 Å². The summed E-state index contributed by atoms with van der Waals surface area (Å²) in [6.07, 6.45) is 2.65. The summed E-state index contributed by atoms with van der Waals surface area (Å²) in [5.41, 5.74) is 4.02. The Kier molecular flexibility index (Phi) is 5.18. The summed E-state index contributed by atoms with van der Waals surface area (Å²) in [7, 11) is 0. The third-order valence-electron chi connectivity index (χ3n) is 4.43. The number of amides is 1. The molecule has 0 radical (unpaired) electrons. The number of carbonyl (C=O) groups excluding carboxylic acids is 1. The van der Waals surface area contributed by atoms with Gasteiger partial charge in [0.1, 0.15) is 10.6 Å². The molecule has 0 aliphatic carbocycles. The number of hydrogen-bond acceptors (Lipinski definition) is 5. The number of aromatic nitrogens is 1. The zero-order valence-corrected chi connectivity index (χ0v) is 15.9. The Bertz CT molecular complexity index is 953. The predicted octanol–water partition coefficient (Wildman–Crippen LogP) is 4.11. The first-order valence-corrected chi connectivity index (χ1v) is 9.88. The summed E-state index contributed by atoms with van der Waals surface area (Å²) < 4.78 is 5.71. The lowest BCUT2D eigenvalue weighted by atomic mass is 10.1. The van der Waals surface area contributed by atoms with Gasteiger partial charge in [-0.1, -0.05) is 30.3 Å². The molecule has 1 aliphatic rings. The third-order valence-corrected chi connectivity index (χ3v) is 5.60. The van der Waals surface area contributed by atoms with E-state index in [1.54, 1.807) is 6.20 Å². The van der Waals surface area contributed by atoms with Gasteiger partial charge in [0.25, 0.3) is 5.91 Å². The molecule has 5 nitrogen and oxygen atoms in total. The van der Waals surface area contributed by atoms with Crippen molar-refractivity contribution in [2.24, 2.45) is 0 Å². The Hall–Kier alpha value is -2.70. The van der Waals surface area contributed by atoms with Crippen LogP contribution in [0.2, 0.25) is 0 Å². The van der Waals surface area contributed by atoms with Crippen LogP contribution in [0.4, 0.5) is 5.69 Å². The summed E-state index contributed by atoms with van der Waals surface area (Å²) >= 11 is 1.44. The first kappa shape index (κ1) is 17.7. The van der Waals surface area contributed by atoms with Gasteiger partial charge in [-0.25, -0.2) is 0 Å². The molecule has 6 heteroatoms. The number of carbonyl (C=O) groups is 1. The van der Waals surface area contributed by atoms with Crippen LogP contribution in [0.1, 0.15) is 27.9 Å². The van der Waals surface area contributed by atoms with Crippen molar-refractivity contribution in [1.29, 1.82) is 0 Å². The number of nitrogens with zero attached hydrogens (tertiary/aromatic N) is 1. The van der Waals surface area contributed by atoms with Crippen LogP contribution in [0.3, 0.4) is 0 Å². The average molecular weight is 379 g/mol. The lowest BCUT2D eigenvalue weighted by molar-refractivity contribution is 0.102. The van der Waals surface area contributed by atoms with Crippen molar-refractivity contribution in [3.05, 3.63) is 64.8 Å². The molecule has 1 aliphatic heterocycles. The second-order valence-corrected chi connectivity index (χ2v) is 7.37. The molecule has 1 amide bonds. The summed E-state index contributed by atoms with van der Waals surface area (Å²) in [4.78, 5) is 19.0. The Labute approximate surface area is 162 Å². The minimum absolute atomic E-state index is 0.170. The van der Waals surface area contributed by atoms with Crippen LogP contribution < -0.4 is 15.4 Å². The third kappa shape index (κ3) is 3.86. The highest BCUT2D eigenvalue weighted by molar-refractivity contribution is 7.17. The highest BCUT2D eigenvalue weighted by Crippen LogP contribution is 2.36. The molecule has 0 fully saturated rings. The van der Waals surface area contributed by atoms with E-state index >= 15 is 0 Å². The van der Waals surface area contributed by atoms with Gasteiger partial charge in [0.2, 0.25) is 0 Å². The van der Waals surface area contributed by atoms with Crippen molar-refractivity contribution in [2.75, 3.05) is 18.5 Å². The maximum atomic E-state index is 12.9. The smallest absolute Gasteiger partial charge is 0.269 e.